The van der Waals surface area contributed by atoms with E-state index in [0.717, 1.165) is 37.6 Å². The molecule has 6 heteroatoms. The van der Waals surface area contributed by atoms with Crippen molar-refractivity contribution in [1.82, 2.24) is 0 Å². The molecule has 0 amide bonds. The van der Waals surface area contributed by atoms with Gasteiger partial charge in [-0.3, -0.25) is 10.1 Å². The average Bonchev–Trinajstić information content (AvgIpc) is 2.92. The van der Waals surface area contributed by atoms with Crippen LogP contribution in [0.2, 0.25) is 0 Å². The van der Waals surface area contributed by atoms with E-state index in [4.69, 9.17) is 5.11 Å². The van der Waals surface area contributed by atoms with Gasteiger partial charge < -0.3 is 10.0 Å². The minimum atomic E-state index is -1.07. The molecule has 0 bridgehead atoms. The van der Waals surface area contributed by atoms with Gasteiger partial charge >= 0.3 is 5.97 Å². The molecule has 1 N–H and O–H groups in total. The van der Waals surface area contributed by atoms with Crippen LogP contribution < -0.4 is 4.90 Å². The van der Waals surface area contributed by atoms with Crippen LogP contribution in [-0.2, 0) is 4.79 Å². The Kier molecular flexibility index (Phi) is 4.57. The summed E-state index contributed by atoms with van der Waals surface area (Å²) >= 11 is 0. The number of carboxylic acid groups (broad SMARTS) is 1. The van der Waals surface area contributed by atoms with E-state index < -0.39 is 10.9 Å². The van der Waals surface area contributed by atoms with Crippen LogP contribution in [0.4, 0.5) is 11.4 Å². The summed E-state index contributed by atoms with van der Waals surface area (Å²) in [4.78, 5) is 23.4. The molecule has 21 heavy (non-hydrogen) atoms. The second-order valence-electron chi connectivity index (χ2n) is 5.07. The molecule has 1 atom stereocenters. The van der Waals surface area contributed by atoms with E-state index in [0.29, 0.717) is 11.6 Å². The molecule has 0 aromatic heterocycles. The molecule has 0 aliphatic carbocycles. The number of nitro groups is 1. The van der Waals surface area contributed by atoms with Crippen molar-refractivity contribution in [3.63, 3.8) is 0 Å². The maximum atomic E-state index is 10.9. The van der Waals surface area contributed by atoms with E-state index in [1.165, 1.54) is 18.2 Å². The average molecular weight is 290 g/mol. The molecular formula is C15H18N2O4. The number of rotatable bonds is 5. The second-order valence-corrected chi connectivity index (χ2v) is 5.07. The fraction of sp³-hybridized carbons (Fsp3) is 0.400. The molecule has 1 heterocycles. The monoisotopic (exact) mass is 290 g/mol. The lowest BCUT2D eigenvalue weighted by atomic mass is 10.1. The number of nitrogens with zero attached hydrogens (tertiary/aromatic N) is 2. The number of non-ortho nitro benzene ring substituents is 1. The highest BCUT2D eigenvalue weighted by Gasteiger charge is 2.25. The molecule has 0 saturated carbocycles. The van der Waals surface area contributed by atoms with Crippen LogP contribution in [0, 0.1) is 10.1 Å². The number of carboxylic acids is 1. The number of anilines is 1. The lowest BCUT2D eigenvalue weighted by Crippen LogP contribution is -2.29. The highest BCUT2D eigenvalue weighted by atomic mass is 16.6. The molecule has 1 aliphatic heterocycles. The Morgan fingerprint density at radius 1 is 1.57 bits per heavy atom. The predicted octanol–water partition coefficient (Wildman–Crippen LogP) is 3.07. The molecule has 0 radical (unpaired) electrons. The fourth-order valence-electron chi connectivity index (χ4n) is 2.79. The Morgan fingerprint density at radius 3 is 2.95 bits per heavy atom. The first-order valence-corrected chi connectivity index (χ1v) is 6.99. The lowest BCUT2D eigenvalue weighted by molar-refractivity contribution is -0.384. The van der Waals surface area contributed by atoms with Crippen molar-refractivity contribution in [3.8, 4) is 0 Å². The SMILES string of the molecule is CCC1CCCN1c1ccc([N+](=O)[O-])cc1/C=C/C(=O)O. The van der Waals surface area contributed by atoms with Crippen molar-refractivity contribution in [2.75, 3.05) is 11.4 Å². The Morgan fingerprint density at radius 2 is 2.33 bits per heavy atom. The normalized spacial score (nSPS) is 18.3. The summed E-state index contributed by atoms with van der Waals surface area (Å²) in [6, 6.07) is 5.02. The van der Waals surface area contributed by atoms with Crippen LogP contribution in [0.25, 0.3) is 6.08 Å². The quantitative estimate of drug-likeness (QED) is 0.512. The van der Waals surface area contributed by atoms with Gasteiger partial charge in [0.1, 0.15) is 0 Å². The van der Waals surface area contributed by atoms with E-state index in [2.05, 4.69) is 11.8 Å². The van der Waals surface area contributed by atoms with Crippen LogP contribution in [0.3, 0.4) is 0 Å². The van der Waals surface area contributed by atoms with Crippen molar-refractivity contribution >= 4 is 23.4 Å². The van der Waals surface area contributed by atoms with Gasteiger partial charge in [0.2, 0.25) is 0 Å². The molecule has 0 spiro atoms. The molecular weight excluding hydrogens is 272 g/mol. The highest BCUT2D eigenvalue weighted by molar-refractivity contribution is 5.87. The largest absolute Gasteiger partial charge is 0.478 e. The highest BCUT2D eigenvalue weighted by Crippen LogP contribution is 2.33. The minimum absolute atomic E-state index is 0.0314. The van der Waals surface area contributed by atoms with Crippen LogP contribution in [0.5, 0.6) is 0 Å². The summed E-state index contributed by atoms with van der Waals surface area (Å²) < 4.78 is 0. The van der Waals surface area contributed by atoms with E-state index >= 15 is 0 Å². The summed E-state index contributed by atoms with van der Waals surface area (Å²) in [5, 5.41) is 19.7. The number of aliphatic carboxylic acids is 1. The first kappa shape index (κ1) is 15.0. The maximum Gasteiger partial charge on any atom is 0.328 e. The molecule has 112 valence electrons. The zero-order valence-corrected chi connectivity index (χ0v) is 11.9. The van der Waals surface area contributed by atoms with Gasteiger partial charge in [-0.25, -0.2) is 4.79 Å². The third-order valence-corrected chi connectivity index (χ3v) is 3.79. The van der Waals surface area contributed by atoms with Gasteiger partial charge in [-0.1, -0.05) is 6.92 Å². The number of hydrogen-bond acceptors (Lipinski definition) is 4. The first-order chi connectivity index (χ1) is 10.0. The zero-order valence-electron chi connectivity index (χ0n) is 11.9. The number of hydrogen-bond donors (Lipinski definition) is 1. The van der Waals surface area contributed by atoms with Crippen molar-refractivity contribution < 1.29 is 14.8 Å². The Hall–Kier alpha value is -2.37. The fourth-order valence-corrected chi connectivity index (χ4v) is 2.79. The molecule has 1 fully saturated rings. The van der Waals surface area contributed by atoms with Gasteiger partial charge in [0.15, 0.2) is 0 Å². The van der Waals surface area contributed by atoms with Crippen LogP contribution in [-0.4, -0.2) is 28.6 Å². The Bertz CT molecular complexity index is 583. The summed E-state index contributed by atoms with van der Waals surface area (Å²) in [5.74, 6) is -1.07. The van der Waals surface area contributed by atoms with Gasteiger partial charge in [-0.15, -0.1) is 0 Å². The van der Waals surface area contributed by atoms with Crippen molar-refractivity contribution in [1.29, 1.82) is 0 Å². The molecule has 1 aromatic rings. The molecule has 6 nitrogen and oxygen atoms in total. The standard InChI is InChI=1S/C15H18N2O4/c1-2-12-4-3-9-16(12)14-7-6-13(17(20)21)10-11(14)5-8-15(18)19/h5-8,10,12H,2-4,9H2,1H3,(H,18,19)/b8-5+. The predicted molar refractivity (Wildman–Crippen MR) is 80.4 cm³/mol. The topological polar surface area (TPSA) is 83.7 Å². The maximum absolute atomic E-state index is 10.9. The van der Waals surface area contributed by atoms with E-state index in [9.17, 15) is 14.9 Å². The van der Waals surface area contributed by atoms with Gasteiger partial charge in [-0.2, -0.15) is 0 Å². The van der Waals surface area contributed by atoms with Gasteiger partial charge in [0.05, 0.1) is 4.92 Å². The van der Waals surface area contributed by atoms with E-state index in [1.54, 1.807) is 6.07 Å². The first-order valence-electron chi connectivity index (χ1n) is 6.99. The summed E-state index contributed by atoms with van der Waals surface area (Å²) in [6.07, 6.45) is 5.61. The van der Waals surface area contributed by atoms with E-state index in [1.807, 2.05) is 0 Å². The molecule has 1 unspecified atom stereocenters. The molecule has 2 rings (SSSR count). The summed E-state index contributed by atoms with van der Waals surface area (Å²) in [6.45, 7) is 3.01. The number of nitro benzene ring substituents is 1. The number of carbonyl (C=O) groups is 1. The summed E-state index contributed by atoms with van der Waals surface area (Å²) in [5.41, 5.74) is 1.41. The zero-order chi connectivity index (χ0) is 15.4. The second kappa shape index (κ2) is 6.39. The Labute approximate surface area is 122 Å². The van der Waals surface area contributed by atoms with Crippen LogP contribution in [0.1, 0.15) is 31.7 Å². The molecule has 1 aliphatic rings. The van der Waals surface area contributed by atoms with Crippen LogP contribution in [0.15, 0.2) is 24.3 Å². The van der Waals surface area contributed by atoms with Gasteiger partial charge in [-0.05, 0) is 31.4 Å². The lowest BCUT2D eigenvalue weighted by Gasteiger charge is -2.27. The van der Waals surface area contributed by atoms with Crippen molar-refractivity contribution in [2.24, 2.45) is 0 Å². The molecule has 1 saturated heterocycles. The summed E-state index contributed by atoms with van der Waals surface area (Å²) in [7, 11) is 0. The van der Waals surface area contributed by atoms with Gasteiger partial charge in [0.25, 0.3) is 5.69 Å². The number of benzene rings is 1. The third kappa shape index (κ3) is 3.39. The minimum Gasteiger partial charge on any atom is -0.478 e. The van der Waals surface area contributed by atoms with Crippen molar-refractivity contribution in [2.45, 2.75) is 32.2 Å². The Balaban J connectivity index is 2.43. The molecule has 1 aromatic carbocycles. The van der Waals surface area contributed by atoms with Crippen LogP contribution >= 0.6 is 0 Å². The van der Waals surface area contributed by atoms with Gasteiger partial charge in [0, 0.05) is 42.0 Å². The van der Waals surface area contributed by atoms with E-state index in [-0.39, 0.29) is 5.69 Å². The van der Waals surface area contributed by atoms with Crippen molar-refractivity contribution in [3.05, 3.63) is 40.0 Å². The smallest absolute Gasteiger partial charge is 0.328 e. The third-order valence-electron chi connectivity index (χ3n) is 3.79.